The first-order valence-corrected chi connectivity index (χ1v) is 10.8. The quantitative estimate of drug-likeness (QED) is 0.494. The molecule has 2 N–H and O–H groups in total. The summed E-state index contributed by atoms with van der Waals surface area (Å²) in [5.41, 5.74) is -4.83. The molecule has 0 unspecified atom stereocenters. The Labute approximate surface area is 204 Å². The van der Waals surface area contributed by atoms with Crippen molar-refractivity contribution in [2.75, 3.05) is 18.0 Å². The van der Waals surface area contributed by atoms with Crippen LogP contribution in [-0.2, 0) is 0 Å². The van der Waals surface area contributed by atoms with E-state index < -0.39 is 64.2 Å². The summed E-state index contributed by atoms with van der Waals surface area (Å²) in [5, 5.41) is 4.33. The summed E-state index contributed by atoms with van der Waals surface area (Å²) in [5.74, 6) is -5.27. The summed E-state index contributed by atoms with van der Waals surface area (Å²) in [6.45, 7) is 2.67. The van der Waals surface area contributed by atoms with Crippen LogP contribution in [0.2, 0.25) is 0 Å². The average Bonchev–Trinajstić information content (AvgIpc) is 3.18. The third-order valence-corrected chi connectivity index (χ3v) is 5.53. The maximum Gasteiger partial charge on any atom is 0.391 e. The van der Waals surface area contributed by atoms with Crippen molar-refractivity contribution in [1.82, 2.24) is 20.2 Å². The van der Waals surface area contributed by atoms with Gasteiger partial charge in [0.2, 0.25) is 5.43 Å². The minimum absolute atomic E-state index is 0.0158. The predicted molar refractivity (Wildman–Crippen MR) is 120 cm³/mol. The highest BCUT2D eigenvalue weighted by Crippen LogP contribution is 2.28. The van der Waals surface area contributed by atoms with Crippen molar-refractivity contribution in [2.24, 2.45) is 0 Å². The molecule has 8 nitrogen and oxygen atoms in total. The van der Waals surface area contributed by atoms with Gasteiger partial charge < -0.3 is 10.6 Å². The standard InChI is InChI=1S/C23H19F6N5O3/c1-22(2,10-23(27,28)29)32-20(36)13-9-34(17-14(25)7-11(24)8-15(17)26)19-12(18(13)35)3-4-16(31-19)33-6-5-30-21(33)37/h3-4,7-9H,5-6,10H2,1-2H3,(H,30,37)(H,32,36). The van der Waals surface area contributed by atoms with Crippen molar-refractivity contribution in [3.05, 3.63) is 63.7 Å². The van der Waals surface area contributed by atoms with Gasteiger partial charge in [-0.1, -0.05) is 0 Å². The molecule has 196 valence electrons. The lowest BCUT2D eigenvalue weighted by Gasteiger charge is -2.27. The summed E-state index contributed by atoms with van der Waals surface area (Å²) < 4.78 is 82.6. The number of pyridine rings is 2. The Morgan fingerprint density at radius 3 is 2.32 bits per heavy atom. The fourth-order valence-electron chi connectivity index (χ4n) is 4.05. The first-order valence-electron chi connectivity index (χ1n) is 10.8. The number of nitrogens with zero attached hydrogens (tertiary/aromatic N) is 3. The summed E-state index contributed by atoms with van der Waals surface area (Å²) >= 11 is 0. The molecule has 4 rings (SSSR count). The zero-order valence-electron chi connectivity index (χ0n) is 19.3. The Balaban J connectivity index is 1.94. The third kappa shape index (κ3) is 5.22. The normalized spacial score (nSPS) is 14.3. The van der Waals surface area contributed by atoms with Crippen LogP contribution in [0.15, 0.2) is 35.3 Å². The van der Waals surface area contributed by atoms with Crippen molar-refractivity contribution in [1.29, 1.82) is 0 Å². The smallest absolute Gasteiger partial charge is 0.347 e. The number of hydrogen-bond acceptors (Lipinski definition) is 4. The van der Waals surface area contributed by atoms with E-state index in [1.807, 2.05) is 0 Å². The first kappa shape index (κ1) is 26.0. The number of aromatic nitrogens is 2. The van der Waals surface area contributed by atoms with Gasteiger partial charge >= 0.3 is 12.2 Å². The summed E-state index contributed by atoms with van der Waals surface area (Å²) in [6, 6.07) is 2.66. The lowest BCUT2D eigenvalue weighted by atomic mass is 9.99. The molecule has 1 aromatic carbocycles. The molecule has 3 heterocycles. The average molecular weight is 527 g/mol. The largest absolute Gasteiger partial charge is 0.391 e. The highest BCUT2D eigenvalue weighted by atomic mass is 19.4. The fraction of sp³-hybridized carbons (Fsp3) is 0.304. The lowest BCUT2D eigenvalue weighted by molar-refractivity contribution is -0.146. The van der Waals surface area contributed by atoms with Gasteiger partial charge in [-0.2, -0.15) is 13.2 Å². The van der Waals surface area contributed by atoms with Crippen molar-refractivity contribution < 1.29 is 35.9 Å². The van der Waals surface area contributed by atoms with Crippen LogP contribution in [0.4, 0.5) is 37.0 Å². The second-order valence-electron chi connectivity index (χ2n) is 9.01. The molecule has 0 atom stereocenters. The van der Waals surface area contributed by atoms with Gasteiger partial charge in [0.25, 0.3) is 5.91 Å². The minimum atomic E-state index is -4.64. The van der Waals surface area contributed by atoms with Gasteiger partial charge in [0.1, 0.15) is 22.9 Å². The molecular formula is C23H19F6N5O3. The fourth-order valence-corrected chi connectivity index (χ4v) is 4.05. The molecule has 0 spiro atoms. The number of urea groups is 1. The number of alkyl halides is 3. The van der Waals surface area contributed by atoms with Crippen molar-refractivity contribution >= 4 is 28.8 Å². The van der Waals surface area contributed by atoms with Crippen LogP contribution in [0.25, 0.3) is 16.7 Å². The highest BCUT2D eigenvalue weighted by Gasteiger charge is 2.38. The maximum atomic E-state index is 14.8. The zero-order chi connectivity index (χ0) is 27.3. The molecule has 1 aliphatic rings. The summed E-state index contributed by atoms with van der Waals surface area (Å²) in [6.07, 6.45) is -5.34. The number of anilines is 1. The number of nitrogens with one attached hydrogen (secondary N) is 2. The predicted octanol–water partition coefficient (Wildman–Crippen LogP) is 3.79. The number of hydrogen-bond donors (Lipinski definition) is 2. The van der Waals surface area contributed by atoms with Gasteiger partial charge in [-0.3, -0.25) is 19.1 Å². The molecule has 1 fully saturated rings. The molecule has 37 heavy (non-hydrogen) atoms. The van der Waals surface area contributed by atoms with E-state index in [0.717, 1.165) is 13.8 Å². The maximum absolute atomic E-state index is 14.8. The number of rotatable bonds is 5. The number of carbonyl (C=O) groups excluding carboxylic acids is 2. The monoisotopic (exact) mass is 527 g/mol. The highest BCUT2D eigenvalue weighted by molar-refractivity contribution is 5.98. The Kier molecular flexibility index (Phi) is 6.38. The number of carbonyl (C=O) groups is 2. The number of amides is 3. The van der Waals surface area contributed by atoms with Crippen LogP contribution in [-0.4, -0.2) is 46.3 Å². The molecule has 3 amide bonds. The van der Waals surface area contributed by atoms with Crippen LogP contribution in [0.3, 0.4) is 0 Å². The molecule has 0 radical (unpaired) electrons. The molecule has 1 saturated heterocycles. The van der Waals surface area contributed by atoms with E-state index in [2.05, 4.69) is 15.6 Å². The molecule has 0 saturated carbocycles. The van der Waals surface area contributed by atoms with E-state index in [1.54, 1.807) is 0 Å². The number of fused-ring (bicyclic) bond motifs is 1. The van der Waals surface area contributed by atoms with Gasteiger partial charge in [-0.15, -0.1) is 0 Å². The Morgan fingerprint density at radius 2 is 1.76 bits per heavy atom. The van der Waals surface area contributed by atoms with Crippen molar-refractivity contribution in [3.63, 3.8) is 0 Å². The van der Waals surface area contributed by atoms with Crippen LogP contribution in [0.5, 0.6) is 0 Å². The van der Waals surface area contributed by atoms with E-state index in [-0.39, 0.29) is 23.4 Å². The molecule has 14 heteroatoms. The van der Waals surface area contributed by atoms with Gasteiger partial charge in [-0.05, 0) is 26.0 Å². The zero-order valence-corrected chi connectivity index (χ0v) is 19.3. The van der Waals surface area contributed by atoms with Gasteiger partial charge in [0.15, 0.2) is 17.3 Å². The first-order chi connectivity index (χ1) is 17.2. The molecular weight excluding hydrogens is 508 g/mol. The van der Waals surface area contributed by atoms with Crippen LogP contribution < -0.4 is 21.0 Å². The van der Waals surface area contributed by atoms with Crippen LogP contribution in [0.1, 0.15) is 30.6 Å². The summed E-state index contributed by atoms with van der Waals surface area (Å²) in [4.78, 5) is 43.5. The van der Waals surface area contributed by atoms with E-state index in [0.29, 0.717) is 29.4 Å². The topological polar surface area (TPSA) is 96.3 Å². The van der Waals surface area contributed by atoms with E-state index >= 15 is 0 Å². The van der Waals surface area contributed by atoms with E-state index in [9.17, 15) is 40.7 Å². The van der Waals surface area contributed by atoms with E-state index in [4.69, 9.17) is 0 Å². The Morgan fingerprint density at radius 1 is 1.11 bits per heavy atom. The second-order valence-corrected chi connectivity index (χ2v) is 9.01. The molecule has 2 aromatic heterocycles. The van der Waals surface area contributed by atoms with E-state index in [1.165, 1.54) is 17.0 Å². The number of halogens is 6. The Hall–Kier alpha value is -4.10. The molecule has 3 aromatic rings. The summed E-state index contributed by atoms with van der Waals surface area (Å²) in [7, 11) is 0. The van der Waals surface area contributed by atoms with Crippen LogP contribution in [0, 0.1) is 17.5 Å². The SMILES string of the molecule is CC(C)(CC(F)(F)F)NC(=O)c1cn(-c2c(F)cc(F)cc2F)c2nc(N3CCNC3=O)ccc2c1=O. The van der Waals surface area contributed by atoms with Crippen molar-refractivity contribution in [3.8, 4) is 5.69 Å². The Bertz CT molecular complexity index is 1460. The van der Waals surface area contributed by atoms with Crippen molar-refractivity contribution in [2.45, 2.75) is 32.0 Å². The number of benzene rings is 1. The third-order valence-electron chi connectivity index (χ3n) is 5.53. The van der Waals surface area contributed by atoms with Gasteiger partial charge in [0, 0.05) is 37.0 Å². The molecule has 0 bridgehead atoms. The molecule has 0 aliphatic carbocycles. The van der Waals surface area contributed by atoms with Crippen LogP contribution >= 0.6 is 0 Å². The molecule has 1 aliphatic heterocycles. The van der Waals surface area contributed by atoms with Gasteiger partial charge in [-0.25, -0.2) is 22.9 Å². The second kappa shape index (κ2) is 9.09. The van der Waals surface area contributed by atoms with Gasteiger partial charge in [0.05, 0.1) is 11.8 Å². The lowest BCUT2D eigenvalue weighted by Crippen LogP contribution is -2.47. The minimum Gasteiger partial charge on any atom is -0.347 e.